The molecule has 1 aromatic carbocycles. The van der Waals surface area contributed by atoms with Gasteiger partial charge in [-0.1, -0.05) is 0 Å². The molecule has 0 aliphatic carbocycles. The largest absolute Gasteiger partial charge is 0.385 e. The molecule has 2 heterocycles. The number of hydrogen-bond acceptors (Lipinski definition) is 4. The van der Waals surface area contributed by atoms with Gasteiger partial charge in [0.05, 0.1) is 6.04 Å². The second kappa shape index (κ2) is 6.16. The van der Waals surface area contributed by atoms with Crippen molar-refractivity contribution in [3.05, 3.63) is 29.3 Å². The first-order valence-electron chi connectivity index (χ1n) is 7.99. The first-order chi connectivity index (χ1) is 10.1. The molecule has 21 heavy (non-hydrogen) atoms. The van der Waals surface area contributed by atoms with Gasteiger partial charge in [-0.2, -0.15) is 0 Å². The van der Waals surface area contributed by atoms with Gasteiger partial charge in [-0.25, -0.2) is 0 Å². The maximum Gasteiger partial charge on any atom is 0.179 e. The molecule has 2 aliphatic rings. The van der Waals surface area contributed by atoms with E-state index >= 15 is 0 Å². The second-order valence-electron chi connectivity index (χ2n) is 6.28. The molecule has 0 radical (unpaired) electrons. The van der Waals surface area contributed by atoms with Gasteiger partial charge in [-0.05, 0) is 50.6 Å². The Kier molecular flexibility index (Phi) is 4.27. The zero-order valence-electron chi connectivity index (χ0n) is 13.1. The van der Waals surface area contributed by atoms with Crippen LogP contribution in [-0.2, 0) is 6.42 Å². The summed E-state index contributed by atoms with van der Waals surface area (Å²) in [7, 11) is 2.14. The highest BCUT2D eigenvalue weighted by atomic mass is 16.1. The molecular formula is C17H25N3O. The number of nitrogens with one attached hydrogen (secondary N) is 1. The summed E-state index contributed by atoms with van der Waals surface area (Å²) >= 11 is 0. The van der Waals surface area contributed by atoms with Crippen LogP contribution in [-0.4, -0.2) is 61.4 Å². The van der Waals surface area contributed by atoms with Gasteiger partial charge in [0, 0.05) is 44.0 Å². The molecule has 1 unspecified atom stereocenters. The van der Waals surface area contributed by atoms with Crippen LogP contribution in [0.3, 0.4) is 0 Å². The molecule has 1 fully saturated rings. The molecule has 4 heteroatoms. The Bertz CT molecular complexity index is 521. The van der Waals surface area contributed by atoms with Crippen molar-refractivity contribution < 1.29 is 4.79 Å². The normalized spacial score (nSPS) is 21.4. The van der Waals surface area contributed by atoms with Crippen LogP contribution in [0.15, 0.2) is 18.2 Å². The maximum atomic E-state index is 12.7. The van der Waals surface area contributed by atoms with Gasteiger partial charge in [0.25, 0.3) is 0 Å². The van der Waals surface area contributed by atoms with Crippen molar-refractivity contribution in [1.82, 2.24) is 9.80 Å². The molecule has 3 rings (SSSR count). The molecule has 2 aliphatic heterocycles. The topological polar surface area (TPSA) is 35.6 Å². The first-order valence-corrected chi connectivity index (χ1v) is 7.99. The highest BCUT2D eigenvalue weighted by Gasteiger charge is 2.25. The Balaban J connectivity index is 1.72. The van der Waals surface area contributed by atoms with E-state index in [0.29, 0.717) is 0 Å². The average Bonchev–Trinajstić information content (AvgIpc) is 2.54. The number of benzene rings is 1. The van der Waals surface area contributed by atoms with Crippen molar-refractivity contribution in [2.24, 2.45) is 0 Å². The van der Waals surface area contributed by atoms with Crippen LogP contribution >= 0.6 is 0 Å². The Morgan fingerprint density at radius 3 is 2.76 bits per heavy atom. The molecule has 114 valence electrons. The lowest BCUT2D eigenvalue weighted by molar-refractivity contribution is 0.0738. The van der Waals surface area contributed by atoms with E-state index in [9.17, 15) is 4.79 Å². The molecular weight excluding hydrogens is 262 g/mol. The molecule has 1 N–H and O–H groups in total. The summed E-state index contributed by atoms with van der Waals surface area (Å²) in [6, 6.07) is 6.12. The summed E-state index contributed by atoms with van der Waals surface area (Å²) in [5.41, 5.74) is 3.35. The minimum Gasteiger partial charge on any atom is -0.385 e. The average molecular weight is 287 g/mol. The fourth-order valence-corrected chi connectivity index (χ4v) is 3.24. The van der Waals surface area contributed by atoms with Crippen LogP contribution in [0.2, 0.25) is 0 Å². The third-order valence-electron chi connectivity index (χ3n) is 4.79. The molecule has 0 spiro atoms. The maximum absolute atomic E-state index is 12.7. The monoisotopic (exact) mass is 287 g/mol. The van der Waals surface area contributed by atoms with Gasteiger partial charge in [0.1, 0.15) is 0 Å². The Morgan fingerprint density at radius 1 is 1.24 bits per heavy atom. The minimum absolute atomic E-state index is 0.0201. The van der Waals surface area contributed by atoms with Crippen LogP contribution in [0.4, 0.5) is 5.69 Å². The van der Waals surface area contributed by atoms with E-state index < -0.39 is 0 Å². The van der Waals surface area contributed by atoms with E-state index in [1.807, 2.05) is 13.0 Å². The molecule has 0 amide bonds. The molecule has 1 saturated heterocycles. The van der Waals surface area contributed by atoms with E-state index in [0.717, 1.165) is 51.1 Å². The number of ketones is 1. The lowest BCUT2D eigenvalue weighted by Crippen LogP contribution is -2.50. The van der Waals surface area contributed by atoms with E-state index in [2.05, 4.69) is 34.3 Å². The number of nitrogens with zero attached hydrogens (tertiary/aromatic N) is 2. The number of aryl methyl sites for hydroxylation is 1. The molecule has 0 saturated carbocycles. The van der Waals surface area contributed by atoms with Gasteiger partial charge in [-0.15, -0.1) is 0 Å². The quantitative estimate of drug-likeness (QED) is 0.861. The molecule has 1 aromatic rings. The van der Waals surface area contributed by atoms with Gasteiger partial charge < -0.3 is 10.2 Å². The summed E-state index contributed by atoms with van der Waals surface area (Å²) < 4.78 is 0. The number of piperazine rings is 1. The van der Waals surface area contributed by atoms with Crippen LogP contribution in [0.1, 0.15) is 29.3 Å². The standard InChI is InChI=1S/C17H25N3O/c1-13(20-10-8-19(2)9-11-20)17(21)15-5-6-16-14(12-15)4-3-7-18-16/h5-6,12-13,18H,3-4,7-11H2,1-2H3. The number of likely N-dealkylation sites (N-methyl/N-ethyl adjacent to an activating group) is 1. The molecule has 0 aromatic heterocycles. The summed E-state index contributed by atoms with van der Waals surface area (Å²) in [5, 5.41) is 3.40. The van der Waals surface area contributed by atoms with Crippen molar-refractivity contribution in [2.45, 2.75) is 25.8 Å². The van der Waals surface area contributed by atoms with E-state index in [1.165, 1.54) is 11.3 Å². The SMILES string of the molecule is CC(C(=O)c1ccc2c(c1)CCCN2)N1CCN(C)CC1. The van der Waals surface area contributed by atoms with E-state index in [-0.39, 0.29) is 11.8 Å². The lowest BCUT2D eigenvalue weighted by atomic mass is 9.96. The number of carbonyl (C=O) groups excluding carboxylic acids is 1. The summed E-state index contributed by atoms with van der Waals surface area (Å²) in [5.74, 6) is 0.257. The second-order valence-corrected chi connectivity index (χ2v) is 6.28. The summed E-state index contributed by atoms with van der Waals surface area (Å²) in [4.78, 5) is 17.4. The molecule has 0 bridgehead atoms. The summed E-state index contributed by atoms with van der Waals surface area (Å²) in [6.45, 7) is 7.15. The lowest BCUT2D eigenvalue weighted by Gasteiger charge is -2.35. The first kappa shape index (κ1) is 14.5. The van der Waals surface area contributed by atoms with Gasteiger partial charge in [0.15, 0.2) is 5.78 Å². The van der Waals surface area contributed by atoms with Crippen molar-refractivity contribution in [3.8, 4) is 0 Å². The fourth-order valence-electron chi connectivity index (χ4n) is 3.24. The fraction of sp³-hybridized carbons (Fsp3) is 0.588. The minimum atomic E-state index is -0.0201. The smallest absolute Gasteiger partial charge is 0.179 e. The zero-order chi connectivity index (χ0) is 14.8. The number of anilines is 1. The predicted octanol–water partition coefficient (Wildman–Crippen LogP) is 1.86. The number of fused-ring (bicyclic) bond motifs is 1. The zero-order valence-corrected chi connectivity index (χ0v) is 13.1. The Morgan fingerprint density at radius 2 is 2.00 bits per heavy atom. The Hall–Kier alpha value is -1.39. The van der Waals surface area contributed by atoms with E-state index in [4.69, 9.17) is 0 Å². The number of Topliss-reactive ketones (excluding diaryl/α,β-unsaturated/α-hetero) is 1. The van der Waals surface area contributed by atoms with Gasteiger partial charge >= 0.3 is 0 Å². The van der Waals surface area contributed by atoms with Crippen molar-refractivity contribution in [3.63, 3.8) is 0 Å². The van der Waals surface area contributed by atoms with Gasteiger partial charge in [0.2, 0.25) is 0 Å². The highest BCUT2D eigenvalue weighted by Crippen LogP contribution is 2.24. The van der Waals surface area contributed by atoms with Crippen LogP contribution in [0.25, 0.3) is 0 Å². The number of carbonyl (C=O) groups is 1. The third-order valence-corrected chi connectivity index (χ3v) is 4.79. The van der Waals surface area contributed by atoms with Crippen molar-refractivity contribution in [1.29, 1.82) is 0 Å². The van der Waals surface area contributed by atoms with Crippen LogP contribution < -0.4 is 5.32 Å². The highest BCUT2D eigenvalue weighted by molar-refractivity contribution is 6.00. The van der Waals surface area contributed by atoms with Crippen molar-refractivity contribution >= 4 is 11.5 Å². The Labute approximate surface area is 127 Å². The van der Waals surface area contributed by atoms with Crippen molar-refractivity contribution in [2.75, 3.05) is 45.1 Å². The molecule has 1 atom stereocenters. The van der Waals surface area contributed by atoms with Crippen LogP contribution in [0.5, 0.6) is 0 Å². The molecule has 4 nitrogen and oxygen atoms in total. The summed E-state index contributed by atoms with van der Waals surface area (Å²) in [6.07, 6.45) is 2.23. The van der Waals surface area contributed by atoms with Gasteiger partial charge in [-0.3, -0.25) is 9.69 Å². The predicted molar refractivity (Wildman–Crippen MR) is 86.1 cm³/mol. The van der Waals surface area contributed by atoms with E-state index in [1.54, 1.807) is 0 Å². The number of rotatable bonds is 3. The number of hydrogen-bond donors (Lipinski definition) is 1. The van der Waals surface area contributed by atoms with Crippen LogP contribution in [0, 0.1) is 0 Å². The third kappa shape index (κ3) is 3.11.